The van der Waals surface area contributed by atoms with Crippen LogP contribution in [-0.2, 0) is 22.6 Å². The molecule has 1 unspecified atom stereocenters. The van der Waals surface area contributed by atoms with Crippen LogP contribution < -0.4 is 10.6 Å². The predicted molar refractivity (Wildman–Crippen MR) is 128 cm³/mol. The van der Waals surface area contributed by atoms with Crippen molar-refractivity contribution in [3.63, 3.8) is 0 Å². The highest BCUT2D eigenvalue weighted by Gasteiger charge is 2.25. The summed E-state index contributed by atoms with van der Waals surface area (Å²) in [7, 11) is 1.68. The number of carboxylic acid groups (broad SMARTS) is 1. The largest absolute Gasteiger partial charge is 0.465 e. The summed E-state index contributed by atoms with van der Waals surface area (Å²) in [4.78, 5) is 41.5. The number of likely N-dealkylation sites (N-methyl/N-ethyl adjacent to an activating group) is 1. The van der Waals surface area contributed by atoms with E-state index in [1.165, 1.54) is 11.0 Å². The number of carbonyl (C=O) groups excluding carboxylic acids is 2. The Kier molecular flexibility index (Phi) is 6.56. The van der Waals surface area contributed by atoms with E-state index in [-0.39, 0.29) is 12.5 Å². The van der Waals surface area contributed by atoms with Gasteiger partial charge >= 0.3 is 6.09 Å². The van der Waals surface area contributed by atoms with Gasteiger partial charge in [-0.05, 0) is 49.1 Å². The number of hydrogen-bond acceptors (Lipinski definition) is 5. The Morgan fingerprint density at radius 2 is 2.21 bits per heavy atom. The third-order valence-electron chi connectivity index (χ3n) is 5.74. The number of furan rings is 1. The van der Waals surface area contributed by atoms with Crippen LogP contribution in [0.3, 0.4) is 0 Å². The molecule has 3 N–H and O–H groups in total. The summed E-state index contributed by atoms with van der Waals surface area (Å²) in [6.07, 6.45) is 4.13. The highest BCUT2D eigenvalue weighted by molar-refractivity contribution is 6.34. The zero-order valence-corrected chi connectivity index (χ0v) is 19.3. The Morgan fingerprint density at radius 1 is 1.41 bits per heavy atom. The first-order valence-electron chi connectivity index (χ1n) is 10.6. The molecule has 0 saturated carbocycles. The molecule has 176 valence electrons. The van der Waals surface area contributed by atoms with Gasteiger partial charge in [0.25, 0.3) is 0 Å². The van der Waals surface area contributed by atoms with E-state index in [0.717, 1.165) is 16.5 Å². The summed E-state index contributed by atoms with van der Waals surface area (Å²) in [5, 5.41) is 15.2. The summed E-state index contributed by atoms with van der Waals surface area (Å²) in [5.41, 5.74) is 3.00. The number of halogens is 1. The molecule has 9 nitrogen and oxygen atoms in total. The van der Waals surface area contributed by atoms with E-state index in [1.54, 1.807) is 25.4 Å². The van der Waals surface area contributed by atoms with Gasteiger partial charge in [-0.2, -0.15) is 0 Å². The monoisotopic (exact) mass is 482 g/mol. The average molecular weight is 483 g/mol. The van der Waals surface area contributed by atoms with Gasteiger partial charge in [-0.1, -0.05) is 23.7 Å². The molecule has 0 bridgehead atoms. The minimum atomic E-state index is -1.26. The Hall–Kier alpha value is -3.85. The zero-order valence-electron chi connectivity index (χ0n) is 18.6. The first kappa shape index (κ1) is 23.3. The number of nitrogens with one attached hydrogen (secondary N) is 2. The van der Waals surface area contributed by atoms with Crippen LogP contribution in [0.4, 0.5) is 10.6 Å². The standard InChI is InChI=1S/C24H23ClN4O5/c1-13-16-4-3-5-17(25)21(16)34-19(13)12-29(2)20(30)9-6-14-10-15-7-8-18(27-24(32)33)23(31)28-22(15)26-11-14/h3-6,9-11,18,27H,7-8,12H2,1-2H3,(H,32,33)(H,26,28,31). The molecule has 1 atom stereocenters. The lowest BCUT2D eigenvalue weighted by molar-refractivity contribution is -0.125. The summed E-state index contributed by atoms with van der Waals surface area (Å²) in [5.74, 6) is 0.384. The topological polar surface area (TPSA) is 125 Å². The third-order valence-corrected chi connectivity index (χ3v) is 6.03. The van der Waals surface area contributed by atoms with Crippen molar-refractivity contribution in [3.05, 3.63) is 64.0 Å². The van der Waals surface area contributed by atoms with Gasteiger partial charge in [-0.15, -0.1) is 0 Å². The maximum Gasteiger partial charge on any atom is 0.405 e. The van der Waals surface area contributed by atoms with Crippen molar-refractivity contribution in [2.75, 3.05) is 12.4 Å². The molecular formula is C24H23ClN4O5. The first-order chi connectivity index (χ1) is 16.2. The van der Waals surface area contributed by atoms with Crippen molar-refractivity contribution in [1.82, 2.24) is 15.2 Å². The minimum Gasteiger partial charge on any atom is -0.465 e. The highest BCUT2D eigenvalue weighted by atomic mass is 35.5. The number of nitrogens with zero attached hydrogens (tertiary/aromatic N) is 2. The minimum absolute atomic E-state index is 0.222. The van der Waals surface area contributed by atoms with Crippen LogP contribution in [0.1, 0.15) is 28.9 Å². The van der Waals surface area contributed by atoms with E-state index >= 15 is 0 Å². The van der Waals surface area contributed by atoms with Gasteiger partial charge in [0.05, 0.1) is 11.6 Å². The fraction of sp³-hybridized carbons (Fsp3) is 0.250. The van der Waals surface area contributed by atoms with Crippen LogP contribution >= 0.6 is 11.6 Å². The summed E-state index contributed by atoms with van der Waals surface area (Å²) < 4.78 is 5.89. The Labute approximate surface area is 200 Å². The Morgan fingerprint density at radius 3 is 2.94 bits per heavy atom. The van der Waals surface area contributed by atoms with Crippen LogP contribution in [0.25, 0.3) is 17.0 Å². The molecule has 0 fully saturated rings. The summed E-state index contributed by atoms with van der Waals surface area (Å²) in [6, 6.07) is 6.52. The van der Waals surface area contributed by atoms with Crippen LogP contribution in [0, 0.1) is 6.92 Å². The third kappa shape index (κ3) is 4.89. The number of amides is 3. The number of anilines is 1. The molecule has 0 aliphatic carbocycles. The van der Waals surface area contributed by atoms with E-state index < -0.39 is 18.0 Å². The Balaban J connectivity index is 1.44. The molecule has 3 heterocycles. The molecule has 1 aliphatic heterocycles. The van der Waals surface area contributed by atoms with Crippen molar-refractivity contribution in [1.29, 1.82) is 0 Å². The number of fused-ring (bicyclic) bond motifs is 2. The molecular weight excluding hydrogens is 460 g/mol. The van der Waals surface area contributed by atoms with Gasteiger partial charge in [0.2, 0.25) is 11.8 Å². The number of aryl methyl sites for hydroxylation is 2. The second-order valence-corrected chi connectivity index (χ2v) is 8.51. The van der Waals surface area contributed by atoms with Gasteiger partial charge in [0.1, 0.15) is 17.6 Å². The highest BCUT2D eigenvalue weighted by Crippen LogP contribution is 2.31. The second-order valence-electron chi connectivity index (χ2n) is 8.10. The normalized spacial score (nSPS) is 15.6. The molecule has 0 spiro atoms. The molecule has 1 aromatic carbocycles. The van der Waals surface area contributed by atoms with E-state index in [0.29, 0.717) is 40.6 Å². The quantitative estimate of drug-likeness (QED) is 0.472. The van der Waals surface area contributed by atoms with Crippen molar-refractivity contribution in [2.45, 2.75) is 32.4 Å². The van der Waals surface area contributed by atoms with Gasteiger partial charge < -0.3 is 25.1 Å². The number of pyridine rings is 1. The van der Waals surface area contributed by atoms with Crippen molar-refractivity contribution in [3.8, 4) is 0 Å². The number of para-hydroxylation sites is 1. The molecule has 0 saturated heterocycles. The van der Waals surface area contributed by atoms with Crippen LogP contribution in [0.5, 0.6) is 0 Å². The predicted octanol–water partition coefficient (Wildman–Crippen LogP) is 3.98. The lowest BCUT2D eigenvalue weighted by Gasteiger charge is -2.14. The number of benzene rings is 1. The average Bonchev–Trinajstić information content (AvgIpc) is 3.03. The van der Waals surface area contributed by atoms with Crippen LogP contribution in [-0.4, -0.2) is 46.0 Å². The van der Waals surface area contributed by atoms with Crippen molar-refractivity contribution >= 4 is 52.4 Å². The van der Waals surface area contributed by atoms with Gasteiger partial charge in [-0.3, -0.25) is 9.59 Å². The number of carbonyl (C=O) groups is 3. The number of rotatable bonds is 5. The fourth-order valence-electron chi connectivity index (χ4n) is 3.84. The van der Waals surface area contributed by atoms with E-state index in [4.69, 9.17) is 21.1 Å². The molecule has 3 amide bonds. The van der Waals surface area contributed by atoms with Gasteiger partial charge in [-0.25, -0.2) is 9.78 Å². The van der Waals surface area contributed by atoms with Crippen LogP contribution in [0.2, 0.25) is 5.02 Å². The number of aromatic nitrogens is 1. The lowest BCUT2D eigenvalue weighted by atomic mass is 10.1. The number of hydrogen-bond donors (Lipinski definition) is 3. The summed E-state index contributed by atoms with van der Waals surface area (Å²) >= 11 is 6.21. The molecule has 34 heavy (non-hydrogen) atoms. The molecule has 0 radical (unpaired) electrons. The fourth-order valence-corrected chi connectivity index (χ4v) is 4.05. The summed E-state index contributed by atoms with van der Waals surface area (Å²) in [6.45, 7) is 2.22. The first-order valence-corrected chi connectivity index (χ1v) is 11.0. The maximum absolute atomic E-state index is 12.7. The zero-order chi connectivity index (χ0) is 24.4. The molecule has 2 aromatic heterocycles. The molecule has 4 rings (SSSR count). The SMILES string of the molecule is Cc1c(CN(C)C(=O)C=Cc2cnc3c(c2)CCC(NC(=O)O)C(=O)N3)oc2c(Cl)cccc12. The van der Waals surface area contributed by atoms with E-state index in [2.05, 4.69) is 15.6 Å². The Bertz CT molecular complexity index is 1320. The van der Waals surface area contributed by atoms with E-state index in [1.807, 2.05) is 25.1 Å². The van der Waals surface area contributed by atoms with Gasteiger partial charge in [0.15, 0.2) is 5.58 Å². The lowest BCUT2D eigenvalue weighted by Crippen LogP contribution is -2.42. The maximum atomic E-state index is 12.7. The molecule has 3 aromatic rings. The molecule has 10 heteroatoms. The van der Waals surface area contributed by atoms with Gasteiger partial charge in [0, 0.05) is 30.3 Å². The van der Waals surface area contributed by atoms with E-state index in [9.17, 15) is 14.4 Å². The van der Waals surface area contributed by atoms with Crippen LogP contribution in [0.15, 0.2) is 41.0 Å². The molecule has 1 aliphatic rings. The smallest absolute Gasteiger partial charge is 0.405 e. The van der Waals surface area contributed by atoms with Crippen molar-refractivity contribution in [2.24, 2.45) is 0 Å². The second kappa shape index (κ2) is 9.56. The van der Waals surface area contributed by atoms with Crippen molar-refractivity contribution < 1.29 is 23.9 Å².